The first-order chi connectivity index (χ1) is 9.52. The van der Waals surface area contributed by atoms with E-state index in [1.165, 1.54) is 11.8 Å². The number of nitrogens with zero attached hydrogens (tertiary/aromatic N) is 2. The molecular weight excluding hydrogens is 280 g/mol. The highest BCUT2D eigenvalue weighted by Crippen LogP contribution is 2.39. The molecule has 0 aromatic carbocycles. The molecule has 0 aliphatic heterocycles. The van der Waals surface area contributed by atoms with Crippen molar-refractivity contribution in [2.75, 3.05) is 6.54 Å². The van der Waals surface area contributed by atoms with Gasteiger partial charge in [-0.1, -0.05) is 18.7 Å². The van der Waals surface area contributed by atoms with Crippen LogP contribution in [0.15, 0.2) is 9.95 Å². The highest BCUT2D eigenvalue weighted by molar-refractivity contribution is 7.99. The van der Waals surface area contributed by atoms with Gasteiger partial charge in [-0.3, -0.25) is 9.36 Å². The molecule has 1 aromatic rings. The molecule has 1 aliphatic rings. The number of aliphatic carboxylic acids is 1. The highest BCUT2D eigenvalue weighted by atomic mass is 32.2. The Balaban J connectivity index is 2.09. The van der Waals surface area contributed by atoms with Gasteiger partial charge in [-0.05, 0) is 32.7 Å². The maximum absolute atomic E-state index is 11.5. The molecule has 7 nitrogen and oxygen atoms in total. The first-order valence-corrected chi connectivity index (χ1v) is 7.70. The van der Waals surface area contributed by atoms with Crippen molar-refractivity contribution < 1.29 is 9.90 Å². The third-order valence-electron chi connectivity index (χ3n) is 3.71. The molecule has 1 fully saturated rings. The van der Waals surface area contributed by atoms with Crippen molar-refractivity contribution in [1.82, 2.24) is 20.1 Å². The molecule has 2 atom stereocenters. The average molecular weight is 300 g/mol. The number of thioether (sulfide) groups is 1. The molecule has 0 radical (unpaired) electrons. The molecular formula is C12H20N4O3S. The van der Waals surface area contributed by atoms with E-state index < -0.39 is 11.5 Å². The number of carboxylic acids is 1. The van der Waals surface area contributed by atoms with E-state index in [4.69, 9.17) is 0 Å². The van der Waals surface area contributed by atoms with Crippen molar-refractivity contribution in [3.63, 3.8) is 0 Å². The number of aromatic amines is 1. The third-order valence-corrected chi connectivity index (χ3v) is 4.96. The summed E-state index contributed by atoms with van der Waals surface area (Å²) in [6.07, 6.45) is 1.95. The fraction of sp³-hybridized carbons (Fsp3) is 0.750. The second-order valence-corrected chi connectivity index (χ2v) is 6.22. The van der Waals surface area contributed by atoms with Crippen LogP contribution in [0.1, 0.15) is 33.1 Å². The Morgan fingerprint density at radius 1 is 1.65 bits per heavy atom. The van der Waals surface area contributed by atoms with E-state index in [2.05, 4.69) is 15.5 Å². The zero-order valence-corrected chi connectivity index (χ0v) is 12.5. The largest absolute Gasteiger partial charge is 0.480 e. The molecule has 1 saturated carbocycles. The minimum Gasteiger partial charge on any atom is -0.480 e. The van der Waals surface area contributed by atoms with Crippen molar-refractivity contribution in [2.24, 2.45) is 0 Å². The Labute approximate surface area is 121 Å². The van der Waals surface area contributed by atoms with Crippen LogP contribution in [0.2, 0.25) is 0 Å². The zero-order chi connectivity index (χ0) is 14.8. The van der Waals surface area contributed by atoms with E-state index in [1.807, 2.05) is 13.8 Å². The maximum Gasteiger partial charge on any atom is 0.343 e. The lowest BCUT2D eigenvalue weighted by molar-refractivity contribution is -0.144. The van der Waals surface area contributed by atoms with E-state index in [0.717, 1.165) is 6.42 Å². The molecule has 20 heavy (non-hydrogen) atoms. The molecule has 3 N–H and O–H groups in total. The standard InChI is InChI=1S/C12H20N4O3S/c1-3-13-12(9(17)18)6-5-8(7-12)20-11-15-14-10(19)16(11)4-2/h8,13H,3-7H2,1-2H3,(H,14,19)(H,17,18). The quantitative estimate of drug-likeness (QED) is 0.714. The summed E-state index contributed by atoms with van der Waals surface area (Å²) >= 11 is 1.49. The van der Waals surface area contributed by atoms with Gasteiger partial charge in [-0.2, -0.15) is 0 Å². The molecule has 8 heteroatoms. The van der Waals surface area contributed by atoms with Crippen molar-refractivity contribution in [1.29, 1.82) is 0 Å². The van der Waals surface area contributed by atoms with Crippen LogP contribution in [0.4, 0.5) is 0 Å². The van der Waals surface area contributed by atoms with E-state index in [0.29, 0.717) is 31.1 Å². The van der Waals surface area contributed by atoms with Crippen LogP contribution in [0.3, 0.4) is 0 Å². The van der Waals surface area contributed by atoms with Crippen LogP contribution in [0.25, 0.3) is 0 Å². The summed E-state index contributed by atoms with van der Waals surface area (Å²) in [7, 11) is 0. The summed E-state index contributed by atoms with van der Waals surface area (Å²) in [6.45, 7) is 4.98. The van der Waals surface area contributed by atoms with Crippen LogP contribution in [-0.4, -0.2) is 43.2 Å². The lowest BCUT2D eigenvalue weighted by atomic mass is 9.98. The summed E-state index contributed by atoms with van der Waals surface area (Å²) in [4.78, 5) is 23.0. The number of carbonyl (C=O) groups is 1. The molecule has 2 rings (SSSR count). The van der Waals surface area contributed by atoms with E-state index >= 15 is 0 Å². The number of hydrogen-bond donors (Lipinski definition) is 3. The lowest BCUT2D eigenvalue weighted by Gasteiger charge is -2.25. The first kappa shape index (κ1) is 15.1. The second kappa shape index (κ2) is 6.01. The van der Waals surface area contributed by atoms with Crippen molar-refractivity contribution in [3.8, 4) is 0 Å². The number of H-pyrrole nitrogens is 1. The molecule has 1 heterocycles. The third kappa shape index (κ3) is 2.76. The molecule has 2 unspecified atom stereocenters. The Hall–Kier alpha value is -1.28. The first-order valence-electron chi connectivity index (χ1n) is 6.82. The number of rotatable bonds is 6. The van der Waals surface area contributed by atoms with Gasteiger partial charge >= 0.3 is 11.7 Å². The average Bonchev–Trinajstić information content (AvgIpc) is 2.96. The molecule has 1 aliphatic carbocycles. The SMILES string of the molecule is CCNC1(C(=O)O)CCC(Sc2n[nH]c(=O)n2CC)C1. The number of carboxylic acid groups (broad SMARTS) is 1. The fourth-order valence-corrected chi connectivity index (χ4v) is 4.03. The molecule has 0 amide bonds. The topological polar surface area (TPSA) is 100 Å². The smallest absolute Gasteiger partial charge is 0.343 e. The van der Waals surface area contributed by atoms with Crippen LogP contribution >= 0.6 is 11.8 Å². The van der Waals surface area contributed by atoms with Crippen LogP contribution in [0, 0.1) is 0 Å². The lowest BCUT2D eigenvalue weighted by Crippen LogP contribution is -2.50. The number of likely N-dealkylation sites (N-methyl/N-ethyl adjacent to an activating group) is 1. The van der Waals surface area contributed by atoms with Crippen LogP contribution in [-0.2, 0) is 11.3 Å². The van der Waals surface area contributed by atoms with Crippen molar-refractivity contribution in [3.05, 3.63) is 10.5 Å². The second-order valence-electron chi connectivity index (χ2n) is 4.96. The van der Waals surface area contributed by atoms with Gasteiger partial charge in [0.05, 0.1) is 0 Å². The Bertz CT molecular complexity index is 541. The minimum absolute atomic E-state index is 0.158. The predicted molar refractivity (Wildman–Crippen MR) is 76.1 cm³/mol. The van der Waals surface area contributed by atoms with Gasteiger partial charge in [0.15, 0.2) is 5.16 Å². The molecule has 0 spiro atoms. The maximum atomic E-state index is 11.5. The predicted octanol–water partition coefficient (Wildman–Crippen LogP) is 0.669. The highest BCUT2D eigenvalue weighted by Gasteiger charge is 2.45. The van der Waals surface area contributed by atoms with Crippen molar-refractivity contribution in [2.45, 2.75) is 55.6 Å². The van der Waals surface area contributed by atoms with E-state index in [9.17, 15) is 14.7 Å². The van der Waals surface area contributed by atoms with Gasteiger partial charge in [0, 0.05) is 11.8 Å². The monoisotopic (exact) mass is 300 g/mol. The van der Waals surface area contributed by atoms with Gasteiger partial charge in [0.2, 0.25) is 0 Å². The number of hydrogen-bond acceptors (Lipinski definition) is 5. The minimum atomic E-state index is -0.833. The summed E-state index contributed by atoms with van der Waals surface area (Å²) < 4.78 is 1.57. The molecule has 1 aromatic heterocycles. The Morgan fingerprint density at radius 2 is 2.40 bits per heavy atom. The zero-order valence-electron chi connectivity index (χ0n) is 11.7. The normalized spacial score (nSPS) is 26.0. The fourth-order valence-electron chi connectivity index (χ4n) is 2.69. The van der Waals surface area contributed by atoms with Gasteiger partial charge in [-0.25, -0.2) is 9.89 Å². The molecule has 0 saturated heterocycles. The van der Waals surface area contributed by atoms with E-state index in [1.54, 1.807) is 4.57 Å². The van der Waals surface area contributed by atoms with Crippen LogP contribution in [0.5, 0.6) is 0 Å². The Morgan fingerprint density at radius 3 is 3.00 bits per heavy atom. The molecule has 0 bridgehead atoms. The van der Waals surface area contributed by atoms with Gasteiger partial charge in [0.25, 0.3) is 0 Å². The summed E-state index contributed by atoms with van der Waals surface area (Å²) in [5.74, 6) is -0.794. The van der Waals surface area contributed by atoms with Crippen molar-refractivity contribution >= 4 is 17.7 Å². The number of nitrogens with one attached hydrogen (secondary N) is 2. The van der Waals surface area contributed by atoms with Crippen LogP contribution < -0.4 is 11.0 Å². The van der Waals surface area contributed by atoms with Gasteiger partial charge in [-0.15, -0.1) is 5.10 Å². The molecule has 112 valence electrons. The summed E-state index contributed by atoms with van der Waals surface area (Å²) in [6, 6.07) is 0. The van der Waals surface area contributed by atoms with Gasteiger partial charge < -0.3 is 10.4 Å². The summed E-state index contributed by atoms with van der Waals surface area (Å²) in [5, 5.41) is 19.8. The van der Waals surface area contributed by atoms with Gasteiger partial charge in [0.1, 0.15) is 5.54 Å². The summed E-state index contributed by atoms with van der Waals surface area (Å²) in [5.41, 5.74) is -1.05. The van der Waals surface area contributed by atoms with E-state index in [-0.39, 0.29) is 10.9 Å². The Kier molecular flexibility index (Phi) is 4.54. The number of aromatic nitrogens is 3.